The molecule has 2 aromatic heterocycles. The third-order valence-corrected chi connectivity index (χ3v) is 6.35. The van der Waals surface area contributed by atoms with Crippen molar-refractivity contribution in [2.75, 3.05) is 13.7 Å². The van der Waals surface area contributed by atoms with Crippen LogP contribution in [0.4, 0.5) is 0 Å². The molecule has 0 aliphatic carbocycles. The SMILES string of the molecule is COC(=O)CCCN1C(=S)N[C@@H](c2ccccn2)[C@H]1c1cccn1-c1ccc(Cl)cc1Cl. The standard InChI is InChI=1S/C23H22Cl2N4O2S/c1-31-20(30)8-5-13-29-22(21(27-23(29)32)17-6-2-3-11-26-17)19-7-4-12-28(19)18-10-9-15(24)14-16(18)25/h2-4,6-7,9-12,14,21-22H,5,8,13H2,1H3,(H,27,32)/t21-,22+/m0/s1. The van der Waals surface area contributed by atoms with Gasteiger partial charge >= 0.3 is 5.97 Å². The largest absolute Gasteiger partial charge is 0.469 e. The van der Waals surface area contributed by atoms with E-state index in [1.807, 2.05) is 47.2 Å². The van der Waals surface area contributed by atoms with Crippen molar-refractivity contribution in [3.05, 3.63) is 82.4 Å². The van der Waals surface area contributed by atoms with Gasteiger partial charge in [0.25, 0.3) is 0 Å². The first-order chi connectivity index (χ1) is 15.5. The van der Waals surface area contributed by atoms with Crippen molar-refractivity contribution in [3.8, 4) is 5.69 Å². The smallest absolute Gasteiger partial charge is 0.305 e. The summed E-state index contributed by atoms with van der Waals surface area (Å²) in [4.78, 5) is 18.3. The van der Waals surface area contributed by atoms with Gasteiger partial charge in [0.15, 0.2) is 5.11 Å². The molecule has 0 saturated carbocycles. The quantitative estimate of drug-likeness (QED) is 0.368. The number of halogens is 2. The van der Waals surface area contributed by atoms with E-state index in [-0.39, 0.29) is 18.1 Å². The second kappa shape index (κ2) is 9.90. The Hall–Kier alpha value is -2.61. The Bertz CT molecular complexity index is 1120. The number of thiocarbonyl (C=S) groups is 1. The summed E-state index contributed by atoms with van der Waals surface area (Å²) in [7, 11) is 1.40. The Kier molecular flexibility index (Phi) is 6.98. The number of nitrogens with one attached hydrogen (secondary N) is 1. The summed E-state index contributed by atoms with van der Waals surface area (Å²) in [6, 6.07) is 15.0. The van der Waals surface area contributed by atoms with Crippen molar-refractivity contribution < 1.29 is 9.53 Å². The molecule has 6 nitrogen and oxygen atoms in total. The molecule has 4 rings (SSSR count). The highest BCUT2D eigenvalue weighted by Crippen LogP contribution is 2.40. The lowest BCUT2D eigenvalue weighted by Crippen LogP contribution is -2.31. The minimum Gasteiger partial charge on any atom is -0.469 e. The maximum absolute atomic E-state index is 11.6. The van der Waals surface area contributed by atoms with Crippen molar-refractivity contribution in [1.29, 1.82) is 0 Å². The lowest BCUT2D eigenvalue weighted by molar-refractivity contribution is -0.140. The monoisotopic (exact) mass is 488 g/mol. The van der Waals surface area contributed by atoms with E-state index in [4.69, 9.17) is 40.2 Å². The van der Waals surface area contributed by atoms with E-state index in [9.17, 15) is 4.79 Å². The van der Waals surface area contributed by atoms with Gasteiger partial charge in [-0.1, -0.05) is 29.3 Å². The van der Waals surface area contributed by atoms with Gasteiger partial charge in [-0.25, -0.2) is 0 Å². The van der Waals surface area contributed by atoms with Crippen LogP contribution < -0.4 is 5.32 Å². The number of rotatable bonds is 7. The molecular formula is C23H22Cl2N4O2S. The van der Waals surface area contributed by atoms with E-state index in [1.54, 1.807) is 12.3 Å². The van der Waals surface area contributed by atoms with E-state index in [2.05, 4.69) is 21.3 Å². The highest BCUT2D eigenvalue weighted by Gasteiger charge is 2.41. The van der Waals surface area contributed by atoms with Gasteiger partial charge in [-0.15, -0.1) is 0 Å². The number of carbonyl (C=O) groups excluding carboxylic acids is 1. The minimum atomic E-state index is -0.239. The van der Waals surface area contributed by atoms with E-state index in [0.717, 1.165) is 17.1 Å². The lowest BCUT2D eigenvalue weighted by atomic mass is 10.0. The Morgan fingerprint density at radius 1 is 1.22 bits per heavy atom. The summed E-state index contributed by atoms with van der Waals surface area (Å²) in [5.74, 6) is -0.239. The van der Waals surface area contributed by atoms with Crippen LogP contribution in [0, 0.1) is 0 Å². The van der Waals surface area contributed by atoms with Crippen molar-refractivity contribution in [2.24, 2.45) is 0 Å². The third kappa shape index (κ3) is 4.60. The number of pyridine rings is 1. The van der Waals surface area contributed by atoms with Crippen LogP contribution in [0.3, 0.4) is 0 Å². The maximum Gasteiger partial charge on any atom is 0.305 e. The highest BCUT2D eigenvalue weighted by atomic mass is 35.5. The molecule has 0 spiro atoms. The van der Waals surface area contributed by atoms with Crippen LogP contribution in [-0.2, 0) is 9.53 Å². The number of carbonyl (C=O) groups is 1. The Labute approximate surface area is 202 Å². The van der Waals surface area contributed by atoms with Crippen LogP contribution in [0.15, 0.2) is 60.9 Å². The first-order valence-corrected chi connectivity index (χ1v) is 11.3. The Morgan fingerprint density at radius 3 is 2.78 bits per heavy atom. The molecule has 1 fully saturated rings. The molecule has 166 valence electrons. The number of hydrogen-bond donors (Lipinski definition) is 1. The molecule has 1 N–H and O–H groups in total. The van der Waals surface area contributed by atoms with Crippen LogP contribution >= 0.6 is 35.4 Å². The van der Waals surface area contributed by atoms with Crippen molar-refractivity contribution in [1.82, 2.24) is 19.8 Å². The second-order valence-electron chi connectivity index (χ2n) is 7.40. The summed E-state index contributed by atoms with van der Waals surface area (Å²) in [5, 5.41) is 5.17. The third-order valence-electron chi connectivity index (χ3n) is 5.46. The molecule has 0 unspecified atom stereocenters. The summed E-state index contributed by atoms with van der Waals surface area (Å²) >= 11 is 18.3. The number of esters is 1. The fraction of sp³-hybridized carbons (Fsp3) is 0.261. The van der Waals surface area contributed by atoms with Gasteiger partial charge in [-0.05, 0) is 61.1 Å². The molecule has 1 aliphatic heterocycles. The molecule has 2 atom stereocenters. The van der Waals surface area contributed by atoms with Gasteiger partial charge in [-0.2, -0.15) is 0 Å². The molecule has 0 amide bonds. The fourth-order valence-corrected chi connectivity index (χ4v) is 4.83. The fourth-order valence-electron chi connectivity index (χ4n) is 3.99. The van der Waals surface area contributed by atoms with E-state index in [0.29, 0.717) is 34.5 Å². The number of nitrogens with zero attached hydrogens (tertiary/aromatic N) is 3. The van der Waals surface area contributed by atoms with Gasteiger partial charge in [0.05, 0.1) is 35.6 Å². The normalized spacial score (nSPS) is 18.0. The summed E-state index contributed by atoms with van der Waals surface area (Å²) in [5.41, 5.74) is 2.70. The van der Waals surface area contributed by atoms with Crippen LogP contribution in [0.5, 0.6) is 0 Å². The Morgan fingerprint density at radius 2 is 2.06 bits per heavy atom. The lowest BCUT2D eigenvalue weighted by Gasteiger charge is -2.29. The summed E-state index contributed by atoms with van der Waals surface area (Å²) in [6.07, 6.45) is 4.67. The van der Waals surface area contributed by atoms with E-state index < -0.39 is 0 Å². The molecule has 3 heterocycles. The maximum atomic E-state index is 11.6. The molecule has 1 aromatic carbocycles. The zero-order valence-electron chi connectivity index (χ0n) is 17.4. The average molecular weight is 489 g/mol. The van der Waals surface area contributed by atoms with Crippen molar-refractivity contribution in [3.63, 3.8) is 0 Å². The first-order valence-electron chi connectivity index (χ1n) is 10.2. The van der Waals surface area contributed by atoms with Gasteiger partial charge < -0.3 is 19.5 Å². The second-order valence-corrected chi connectivity index (χ2v) is 8.63. The van der Waals surface area contributed by atoms with Crippen LogP contribution in [-0.4, -0.2) is 39.2 Å². The van der Waals surface area contributed by atoms with E-state index in [1.165, 1.54) is 7.11 Å². The topological polar surface area (TPSA) is 59.4 Å². The summed E-state index contributed by atoms with van der Waals surface area (Å²) < 4.78 is 6.83. The van der Waals surface area contributed by atoms with Crippen LogP contribution in [0.1, 0.15) is 36.3 Å². The van der Waals surface area contributed by atoms with Gasteiger partial charge in [-0.3, -0.25) is 9.78 Å². The summed E-state index contributed by atoms with van der Waals surface area (Å²) in [6.45, 7) is 0.592. The molecule has 1 saturated heterocycles. The molecule has 9 heteroatoms. The molecule has 0 radical (unpaired) electrons. The highest BCUT2D eigenvalue weighted by molar-refractivity contribution is 7.80. The number of benzene rings is 1. The zero-order chi connectivity index (χ0) is 22.7. The molecule has 1 aliphatic rings. The number of hydrogen-bond acceptors (Lipinski definition) is 4. The van der Waals surface area contributed by atoms with Gasteiger partial charge in [0, 0.05) is 36.1 Å². The van der Waals surface area contributed by atoms with Crippen LogP contribution in [0.2, 0.25) is 10.0 Å². The average Bonchev–Trinajstić information content (AvgIpc) is 3.38. The number of methoxy groups -OCH3 is 1. The number of ether oxygens (including phenoxy) is 1. The molecule has 0 bridgehead atoms. The Balaban J connectivity index is 1.73. The molecule has 3 aromatic rings. The predicted octanol–water partition coefficient (Wildman–Crippen LogP) is 5.10. The zero-order valence-corrected chi connectivity index (χ0v) is 19.7. The molecular weight excluding hydrogens is 467 g/mol. The van der Waals surface area contributed by atoms with Gasteiger partial charge in [0.2, 0.25) is 0 Å². The van der Waals surface area contributed by atoms with E-state index >= 15 is 0 Å². The predicted molar refractivity (Wildman–Crippen MR) is 129 cm³/mol. The van der Waals surface area contributed by atoms with Gasteiger partial charge in [0.1, 0.15) is 0 Å². The first kappa shape index (κ1) is 22.6. The number of aromatic nitrogens is 2. The van der Waals surface area contributed by atoms with Crippen molar-refractivity contribution in [2.45, 2.75) is 24.9 Å². The minimum absolute atomic E-state index is 0.156. The van der Waals surface area contributed by atoms with Crippen molar-refractivity contribution >= 4 is 46.5 Å². The van der Waals surface area contributed by atoms with Crippen LogP contribution in [0.25, 0.3) is 5.69 Å². The molecule has 32 heavy (non-hydrogen) atoms.